The first-order chi connectivity index (χ1) is 12.6. The molecule has 136 valence electrons. The fraction of sp³-hybridized carbons (Fsp3) is 0.350. The summed E-state index contributed by atoms with van der Waals surface area (Å²) in [5, 5.41) is 2.96. The van der Waals surface area contributed by atoms with Gasteiger partial charge in [-0.1, -0.05) is 25.1 Å². The van der Waals surface area contributed by atoms with E-state index in [0.717, 1.165) is 36.4 Å². The lowest BCUT2D eigenvalue weighted by molar-refractivity contribution is -0.129. The Bertz CT molecular complexity index is 798. The van der Waals surface area contributed by atoms with Crippen molar-refractivity contribution in [3.05, 3.63) is 53.9 Å². The van der Waals surface area contributed by atoms with E-state index >= 15 is 0 Å². The third kappa shape index (κ3) is 4.02. The maximum absolute atomic E-state index is 12.6. The fourth-order valence-electron chi connectivity index (χ4n) is 3.16. The molecule has 2 heterocycles. The van der Waals surface area contributed by atoms with Gasteiger partial charge in [-0.3, -0.25) is 14.6 Å². The lowest BCUT2D eigenvalue weighted by Crippen LogP contribution is -2.48. The normalized spacial score (nSPS) is 14.2. The molecule has 2 amide bonds. The average Bonchev–Trinajstić information content (AvgIpc) is 2.68. The molecule has 0 spiro atoms. The van der Waals surface area contributed by atoms with Crippen LogP contribution in [0.25, 0.3) is 0 Å². The zero-order valence-corrected chi connectivity index (χ0v) is 15.2. The van der Waals surface area contributed by atoms with E-state index in [4.69, 9.17) is 0 Å². The van der Waals surface area contributed by atoms with E-state index in [1.165, 1.54) is 0 Å². The number of para-hydroxylation sites is 1. The Balaban J connectivity index is 1.71. The van der Waals surface area contributed by atoms with Gasteiger partial charge in [-0.25, -0.2) is 0 Å². The molecule has 2 aromatic rings. The van der Waals surface area contributed by atoms with Gasteiger partial charge in [0.2, 0.25) is 5.91 Å². The molecule has 0 saturated carbocycles. The second-order valence-corrected chi connectivity index (χ2v) is 6.36. The number of hydrogen-bond donors (Lipinski definition) is 1. The summed E-state index contributed by atoms with van der Waals surface area (Å²) in [4.78, 5) is 32.3. The largest absolute Gasteiger partial charge is 0.368 e. The SMILES string of the molecule is CCc1ccccc1NC(=O)c1cc(N2CCN(C(C)=O)CC2)ccn1. The highest BCUT2D eigenvalue weighted by molar-refractivity contribution is 6.03. The molecule has 0 radical (unpaired) electrons. The van der Waals surface area contributed by atoms with Crippen molar-refractivity contribution in [2.45, 2.75) is 20.3 Å². The number of hydrogen-bond acceptors (Lipinski definition) is 4. The Morgan fingerprint density at radius 1 is 1.12 bits per heavy atom. The summed E-state index contributed by atoms with van der Waals surface area (Å²) in [6.07, 6.45) is 2.51. The van der Waals surface area contributed by atoms with E-state index in [-0.39, 0.29) is 11.8 Å². The molecular weight excluding hydrogens is 328 g/mol. The average molecular weight is 352 g/mol. The standard InChI is InChI=1S/C20H24N4O2/c1-3-16-6-4-5-7-18(16)22-20(26)19-14-17(8-9-21-19)24-12-10-23(11-13-24)15(2)25/h4-9,14H,3,10-13H2,1-2H3,(H,22,26). The number of pyridine rings is 1. The first-order valence-electron chi connectivity index (χ1n) is 8.94. The van der Waals surface area contributed by atoms with Gasteiger partial charge in [-0.15, -0.1) is 0 Å². The number of carbonyl (C=O) groups is 2. The van der Waals surface area contributed by atoms with Crippen molar-refractivity contribution in [3.8, 4) is 0 Å². The maximum Gasteiger partial charge on any atom is 0.274 e. The minimum atomic E-state index is -0.213. The van der Waals surface area contributed by atoms with Gasteiger partial charge in [0.05, 0.1) is 0 Å². The van der Waals surface area contributed by atoms with E-state index in [1.807, 2.05) is 41.3 Å². The number of nitrogens with zero attached hydrogens (tertiary/aromatic N) is 3. The Morgan fingerprint density at radius 2 is 1.85 bits per heavy atom. The molecule has 3 rings (SSSR count). The van der Waals surface area contributed by atoms with E-state index in [0.29, 0.717) is 18.8 Å². The molecule has 1 N–H and O–H groups in total. The zero-order valence-electron chi connectivity index (χ0n) is 15.2. The predicted molar refractivity (Wildman–Crippen MR) is 102 cm³/mol. The van der Waals surface area contributed by atoms with Crippen LogP contribution in [0.2, 0.25) is 0 Å². The van der Waals surface area contributed by atoms with Crippen molar-refractivity contribution in [1.82, 2.24) is 9.88 Å². The number of anilines is 2. The van der Waals surface area contributed by atoms with Gasteiger partial charge < -0.3 is 15.1 Å². The Hall–Kier alpha value is -2.89. The molecular formula is C20H24N4O2. The quantitative estimate of drug-likeness (QED) is 0.918. The first-order valence-corrected chi connectivity index (χ1v) is 8.94. The molecule has 6 heteroatoms. The minimum Gasteiger partial charge on any atom is -0.368 e. The molecule has 1 aliphatic heterocycles. The van der Waals surface area contributed by atoms with Gasteiger partial charge >= 0.3 is 0 Å². The van der Waals surface area contributed by atoms with Crippen molar-refractivity contribution >= 4 is 23.2 Å². The Labute approximate surface area is 153 Å². The summed E-state index contributed by atoms with van der Waals surface area (Å²) >= 11 is 0. The summed E-state index contributed by atoms with van der Waals surface area (Å²) in [6.45, 7) is 6.56. The minimum absolute atomic E-state index is 0.106. The molecule has 0 atom stereocenters. The number of carbonyl (C=O) groups excluding carboxylic acids is 2. The maximum atomic E-state index is 12.6. The van der Waals surface area contributed by atoms with Crippen LogP contribution in [0.15, 0.2) is 42.6 Å². The van der Waals surface area contributed by atoms with Gasteiger partial charge in [0.25, 0.3) is 5.91 Å². The second kappa shape index (κ2) is 7.99. The topological polar surface area (TPSA) is 65.5 Å². The Morgan fingerprint density at radius 3 is 2.54 bits per heavy atom. The van der Waals surface area contributed by atoms with Crippen LogP contribution in [0.3, 0.4) is 0 Å². The summed E-state index contributed by atoms with van der Waals surface area (Å²) in [5.74, 6) is -0.107. The van der Waals surface area contributed by atoms with Gasteiger partial charge in [0, 0.05) is 50.7 Å². The second-order valence-electron chi connectivity index (χ2n) is 6.36. The van der Waals surface area contributed by atoms with E-state index in [9.17, 15) is 9.59 Å². The molecule has 6 nitrogen and oxygen atoms in total. The van der Waals surface area contributed by atoms with Crippen LogP contribution >= 0.6 is 0 Å². The van der Waals surface area contributed by atoms with Crippen LogP contribution < -0.4 is 10.2 Å². The van der Waals surface area contributed by atoms with Gasteiger partial charge in [0.1, 0.15) is 5.69 Å². The number of amides is 2. The predicted octanol–water partition coefficient (Wildman–Crippen LogP) is 2.56. The third-order valence-corrected chi connectivity index (χ3v) is 4.71. The molecule has 1 aromatic carbocycles. The van der Waals surface area contributed by atoms with Crippen LogP contribution in [-0.4, -0.2) is 47.9 Å². The van der Waals surface area contributed by atoms with E-state index in [2.05, 4.69) is 22.1 Å². The van der Waals surface area contributed by atoms with E-state index in [1.54, 1.807) is 13.1 Å². The van der Waals surface area contributed by atoms with Crippen molar-refractivity contribution in [3.63, 3.8) is 0 Å². The van der Waals surface area contributed by atoms with Crippen molar-refractivity contribution < 1.29 is 9.59 Å². The number of nitrogens with one attached hydrogen (secondary N) is 1. The fourth-order valence-corrected chi connectivity index (χ4v) is 3.16. The van der Waals surface area contributed by atoms with Gasteiger partial charge in [0.15, 0.2) is 0 Å². The summed E-state index contributed by atoms with van der Waals surface area (Å²) < 4.78 is 0. The number of aromatic nitrogens is 1. The first kappa shape index (κ1) is 17.9. The van der Waals surface area contributed by atoms with Crippen molar-refractivity contribution in [2.24, 2.45) is 0 Å². The molecule has 1 aromatic heterocycles. The van der Waals surface area contributed by atoms with Crippen LogP contribution in [-0.2, 0) is 11.2 Å². The van der Waals surface area contributed by atoms with Crippen molar-refractivity contribution in [2.75, 3.05) is 36.4 Å². The van der Waals surface area contributed by atoms with Crippen LogP contribution in [0.5, 0.6) is 0 Å². The zero-order chi connectivity index (χ0) is 18.5. The monoisotopic (exact) mass is 352 g/mol. The van der Waals surface area contributed by atoms with Crippen molar-refractivity contribution in [1.29, 1.82) is 0 Å². The lowest BCUT2D eigenvalue weighted by Gasteiger charge is -2.35. The summed E-state index contributed by atoms with van der Waals surface area (Å²) in [7, 11) is 0. The molecule has 1 saturated heterocycles. The van der Waals surface area contributed by atoms with Crippen LogP contribution in [0.4, 0.5) is 11.4 Å². The molecule has 0 aliphatic carbocycles. The number of rotatable bonds is 4. The molecule has 26 heavy (non-hydrogen) atoms. The third-order valence-electron chi connectivity index (χ3n) is 4.71. The van der Waals surface area contributed by atoms with Crippen LogP contribution in [0.1, 0.15) is 29.9 Å². The van der Waals surface area contributed by atoms with E-state index < -0.39 is 0 Å². The summed E-state index contributed by atoms with van der Waals surface area (Å²) in [5.41, 5.74) is 3.26. The summed E-state index contributed by atoms with van der Waals surface area (Å²) in [6, 6.07) is 11.5. The molecule has 0 bridgehead atoms. The molecule has 1 aliphatic rings. The molecule has 1 fully saturated rings. The highest BCUT2D eigenvalue weighted by Gasteiger charge is 2.20. The van der Waals surface area contributed by atoms with Gasteiger partial charge in [-0.05, 0) is 30.2 Å². The highest BCUT2D eigenvalue weighted by Crippen LogP contribution is 2.19. The number of piperazine rings is 1. The van der Waals surface area contributed by atoms with Gasteiger partial charge in [-0.2, -0.15) is 0 Å². The number of aryl methyl sites for hydroxylation is 1. The Kier molecular flexibility index (Phi) is 5.51. The lowest BCUT2D eigenvalue weighted by atomic mass is 10.1. The van der Waals surface area contributed by atoms with Crippen LogP contribution in [0, 0.1) is 0 Å². The molecule has 0 unspecified atom stereocenters. The smallest absolute Gasteiger partial charge is 0.274 e. The highest BCUT2D eigenvalue weighted by atomic mass is 16.2. The number of benzene rings is 1.